The van der Waals surface area contributed by atoms with E-state index >= 15 is 0 Å². The van der Waals surface area contributed by atoms with Gasteiger partial charge in [0.15, 0.2) is 0 Å². The fraction of sp³-hybridized carbons (Fsp3) is 0.500. The highest BCUT2D eigenvalue weighted by atomic mass is 19.1. The van der Waals surface area contributed by atoms with E-state index in [-0.39, 0.29) is 24.1 Å². The van der Waals surface area contributed by atoms with Crippen LogP contribution in [-0.4, -0.2) is 17.8 Å². The molecule has 0 bridgehead atoms. The molecule has 0 aromatic heterocycles. The van der Waals surface area contributed by atoms with Crippen molar-refractivity contribution in [3.8, 4) is 6.07 Å². The molecule has 0 aliphatic heterocycles. The molecule has 98 valence electrons. The lowest BCUT2D eigenvalue weighted by Gasteiger charge is -2.21. The van der Waals surface area contributed by atoms with Gasteiger partial charge in [-0.05, 0) is 30.9 Å². The Labute approximate surface area is 107 Å². The van der Waals surface area contributed by atoms with Gasteiger partial charge in [-0.15, -0.1) is 0 Å². The molecule has 0 heterocycles. The molecule has 1 aromatic rings. The van der Waals surface area contributed by atoms with Gasteiger partial charge in [0.05, 0.1) is 5.69 Å². The molecule has 3 nitrogen and oxygen atoms in total. The summed E-state index contributed by atoms with van der Waals surface area (Å²) in [4.78, 5) is 0. The van der Waals surface area contributed by atoms with E-state index in [1.807, 2.05) is 19.9 Å². The minimum Gasteiger partial charge on any atom is -0.396 e. The van der Waals surface area contributed by atoms with Crippen molar-refractivity contribution < 1.29 is 9.50 Å². The third-order valence-corrected chi connectivity index (χ3v) is 2.98. The van der Waals surface area contributed by atoms with Crippen LogP contribution in [0.25, 0.3) is 0 Å². The molecule has 0 unspecified atom stereocenters. The maximum Gasteiger partial charge on any atom is 0.143 e. The average Bonchev–Trinajstić information content (AvgIpc) is 2.38. The first-order chi connectivity index (χ1) is 8.62. The fourth-order valence-electron chi connectivity index (χ4n) is 1.87. The van der Waals surface area contributed by atoms with Crippen LogP contribution < -0.4 is 5.32 Å². The molecule has 1 aromatic carbocycles. The van der Waals surface area contributed by atoms with Crippen molar-refractivity contribution in [3.63, 3.8) is 0 Å². The van der Waals surface area contributed by atoms with E-state index in [1.165, 1.54) is 6.07 Å². The predicted molar refractivity (Wildman–Crippen MR) is 69.7 cm³/mol. The van der Waals surface area contributed by atoms with Crippen LogP contribution >= 0.6 is 0 Å². The van der Waals surface area contributed by atoms with Gasteiger partial charge in [0.2, 0.25) is 0 Å². The molecule has 2 atom stereocenters. The van der Waals surface area contributed by atoms with Gasteiger partial charge in [-0.1, -0.05) is 19.9 Å². The predicted octanol–water partition coefficient (Wildman–Crippen LogP) is 2.91. The van der Waals surface area contributed by atoms with Gasteiger partial charge < -0.3 is 10.4 Å². The Kier molecular flexibility index (Phi) is 5.60. The zero-order valence-corrected chi connectivity index (χ0v) is 10.8. The first-order valence-corrected chi connectivity index (χ1v) is 6.18. The second-order valence-corrected chi connectivity index (χ2v) is 4.55. The first kappa shape index (κ1) is 14.5. The molecular formula is C14H19FN2O. The zero-order chi connectivity index (χ0) is 13.5. The van der Waals surface area contributed by atoms with Crippen LogP contribution in [0.15, 0.2) is 18.2 Å². The molecule has 0 radical (unpaired) electrons. The first-order valence-electron chi connectivity index (χ1n) is 6.18. The highest BCUT2D eigenvalue weighted by Gasteiger charge is 2.14. The number of halogens is 1. The van der Waals surface area contributed by atoms with E-state index in [4.69, 9.17) is 10.4 Å². The summed E-state index contributed by atoms with van der Waals surface area (Å²) >= 11 is 0. The fourth-order valence-corrected chi connectivity index (χ4v) is 1.87. The SMILES string of the molecule is CC[C@@H](C[C@@H](C)CO)Nc1cccc(F)c1C#N. The van der Waals surface area contributed by atoms with Gasteiger partial charge in [0, 0.05) is 12.6 Å². The van der Waals surface area contributed by atoms with Crippen molar-refractivity contribution in [2.45, 2.75) is 32.7 Å². The molecule has 4 heteroatoms. The molecule has 0 fully saturated rings. The third-order valence-electron chi connectivity index (χ3n) is 2.98. The minimum absolute atomic E-state index is 0.0487. The quantitative estimate of drug-likeness (QED) is 0.816. The number of nitriles is 1. The summed E-state index contributed by atoms with van der Waals surface area (Å²) in [7, 11) is 0. The molecule has 0 amide bonds. The Morgan fingerprint density at radius 2 is 2.22 bits per heavy atom. The molecule has 0 spiro atoms. The summed E-state index contributed by atoms with van der Waals surface area (Å²) < 4.78 is 13.4. The van der Waals surface area contributed by atoms with Crippen LogP contribution in [0.4, 0.5) is 10.1 Å². The van der Waals surface area contributed by atoms with Crippen LogP contribution in [0, 0.1) is 23.1 Å². The van der Waals surface area contributed by atoms with Gasteiger partial charge in [-0.3, -0.25) is 0 Å². The van der Waals surface area contributed by atoms with E-state index in [2.05, 4.69) is 5.32 Å². The molecule has 0 aliphatic rings. The molecule has 0 saturated carbocycles. The molecular weight excluding hydrogens is 231 g/mol. The highest BCUT2D eigenvalue weighted by Crippen LogP contribution is 2.21. The zero-order valence-electron chi connectivity index (χ0n) is 10.8. The number of nitrogens with one attached hydrogen (secondary N) is 1. The minimum atomic E-state index is -0.507. The Hall–Kier alpha value is -1.60. The summed E-state index contributed by atoms with van der Waals surface area (Å²) in [6, 6.07) is 6.56. The van der Waals surface area contributed by atoms with Gasteiger partial charge >= 0.3 is 0 Å². The number of aliphatic hydroxyl groups is 1. The maximum atomic E-state index is 13.4. The normalized spacial score (nSPS) is 13.7. The van der Waals surface area contributed by atoms with Crippen molar-refractivity contribution in [2.24, 2.45) is 5.92 Å². The summed E-state index contributed by atoms with van der Waals surface area (Å²) in [5.41, 5.74) is 0.571. The second-order valence-electron chi connectivity index (χ2n) is 4.55. The van der Waals surface area contributed by atoms with Gasteiger partial charge in [-0.25, -0.2) is 4.39 Å². The number of hydrogen-bond donors (Lipinski definition) is 2. The smallest absolute Gasteiger partial charge is 0.143 e. The summed E-state index contributed by atoms with van der Waals surface area (Å²) in [6.07, 6.45) is 1.64. The lowest BCUT2D eigenvalue weighted by molar-refractivity contribution is 0.224. The third kappa shape index (κ3) is 3.71. The topological polar surface area (TPSA) is 56.0 Å². The second kappa shape index (κ2) is 6.97. The van der Waals surface area contributed by atoms with Crippen molar-refractivity contribution in [3.05, 3.63) is 29.6 Å². The van der Waals surface area contributed by atoms with Crippen LogP contribution in [0.3, 0.4) is 0 Å². The molecule has 18 heavy (non-hydrogen) atoms. The van der Waals surface area contributed by atoms with Gasteiger partial charge in [-0.2, -0.15) is 5.26 Å². The van der Waals surface area contributed by atoms with E-state index in [0.717, 1.165) is 12.8 Å². The number of aliphatic hydroxyl groups excluding tert-OH is 1. The van der Waals surface area contributed by atoms with Crippen LogP contribution in [0.5, 0.6) is 0 Å². The molecule has 0 saturated heterocycles. The monoisotopic (exact) mass is 250 g/mol. The largest absolute Gasteiger partial charge is 0.396 e. The maximum absolute atomic E-state index is 13.4. The van der Waals surface area contributed by atoms with E-state index < -0.39 is 5.82 Å². The number of rotatable bonds is 6. The Balaban J connectivity index is 2.82. The van der Waals surface area contributed by atoms with Crippen molar-refractivity contribution in [2.75, 3.05) is 11.9 Å². The van der Waals surface area contributed by atoms with Crippen molar-refractivity contribution in [1.29, 1.82) is 5.26 Å². The summed E-state index contributed by atoms with van der Waals surface area (Å²) in [5, 5.41) is 21.2. The number of hydrogen-bond acceptors (Lipinski definition) is 3. The van der Waals surface area contributed by atoms with E-state index in [0.29, 0.717) is 5.69 Å². The standard InChI is InChI=1S/C14H19FN2O/c1-3-11(7-10(2)9-18)17-14-6-4-5-13(15)12(14)8-16/h4-6,10-11,17-18H,3,7,9H2,1-2H3/t10-,11+/m1/s1. The number of anilines is 1. The lowest BCUT2D eigenvalue weighted by Crippen LogP contribution is -2.23. The molecule has 2 N–H and O–H groups in total. The number of benzene rings is 1. The Morgan fingerprint density at radius 1 is 1.50 bits per heavy atom. The number of nitrogens with zero attached hydrogens (tertiary/aromatic N) is 1. The van der Waals surface area contributed by atoms with E-state index in [1.54, 1.807) is 12.1 Å². The molecule has 1 rings (SSSR count). The van der Waals surface area contributed by atoms with E-state index in [9.17, 15) is 4.39 Å². The lowest BCUT2D eigenvalue weighted by atomic mass is 10.00. The van der Waals surface area contributed by atoms with Crippen LogP contribution in [-0.2, 0) is 0 Å². The average molecular weight is 250 g/mol. The highest BCUT2D eigenvalue weighted by molar-refractivity contribution is 5.58. The van der Waals surface area contributed by atoms with Crippen molar-refractivity contribution >= 4 is 5.69 Å². The van der Waals surface area contributed by atoms with Gasteiger partial charge in [0.1, 0.15) is 17.4 Å². The van der Waals surface area contributed by atoms with Crippen LogP contribution in [0.1, 0.15) is 32.3 Å². The Bertz CT molecular complexity index is 428. The van der Waals surface area contributed by atoms with Crippen LogP contribution in [0.2, 0.25) is 0 Å². The summed E-state index contributed by atoms with van der Waals surface area (Å²) in [5.74, 6) is -0.325. The van der Waals surface area contributed by atoms with Crippen molar-refractivity contribution in [1.82, 2.24) is 0 Å². The Morgan fingerprint density at radius 3 is 2.78 bits per heavy atom. The molecule has 0 aliphatic carbocycles. The van der Waals surface area contributed by atoms with Gasteiger partial charge in [0.25, 0.3) is 0 Å². The summed E-state index contributed by atoms with van der Waals surface area (Å²) in [6.45, 7) is 4.11.